The van der Waals surface area contributed by atoms with Crippen LogP contribution in [0.1, 0.15) is 5.56 Å². The molecule has 0 atom stereocenters. The van der Waals surface area contributed by atoms with E-state index in [0.717, 1.165) is 44.2 Å². The third kappa shape index (κ3) is 4.87. The molecule has 1 N–H and O–H groups in total. The van der Waals surface area contributed by atoms with Crippen LogP contribution in [0.2, 0.25) is 5.02 Å². The average Bonchev–Trinajstić information content (AvgIpc) is 2.65. The SMILES string of the molecule is COc1ccc(CN2CCN(C(=O)Nc3ccc(Cl)cc3)CC2)cc1. The molecule has 0 unspecified atom stereocenters. The molecule has 2 aromatic carbocycles. The Morgan fingerprint density at radius 2 is 1.68 bits per heavy atom. The van der Waals surface area contributed by atoms with E-state index in [2.05, 4.69) is 22.3 Å². The molecular weight excluding hydrogens is 338 g/mol. The molecule has 6 heteroatoms. The second-order valence-electron chi connectivity index (χ2n) is 6.05. The number of halogens is 1. The van der Waals surface area contributed by atoms with E-state index in [1.54, 1.807) is 31.4 Å². The first-order valence-corrected chi connectivity index (χ1v) is 8.68. The van der Waals surface area contributed by atoms with E-state index in [4.69, 9.17) is 16.3 Å². The highest BCUT2D eigenvalue weighted by atomic mass is 35.5. The Bertz CT molecular complexity index is 696. The minimum absolute atomic E-state index is 0.0635. The van der Waals surface area contributed by atoms with E-state index in [-0.39, 0.29) is 6.03 Å². The van der Waals surface area contributed by atoms with Crippen LogP contribution in [-0.2, 0) is 6.54 Å². The number of benzene rings is 2. The van der Waals surface area contributed by atoms with Crippen molar-refractivity contribution in [1.82, 2.24) is 9.80 Å². The molecule has 0 spiro atoms. The molecule has 2 amide bonds. The maximum Gasteiger partial charge on any atom is 0.321 e. The number of nitrogens with one attached hydrogen (secondary N) is 1. The Kier molecular flexibility index (Phi) is 5.79. The number of carbonyl (C=O) groups excluding carboxylic acids is 1. The number of ether oxygens (including phenoxy) is 1. The van der Waals surface area contributed by atoms with Gasteiger partial charge in [0, 0.05) is 43.4 Å². The van der Waals surface area contributed by atoms with Crippen molar-refractivity contribution >= 4 is 23.3 Å². The lowest BCUT2D eigenvalue weighted by Gasteiger charge is -2.34. The summed E-state index contributed by atoms with van der Waals surface area (Å²) < 4.78 is 5.18. The highest BCUT2D eigenvalue weighted by molar-refractivity contribution is 6.30. The van der Waals surface area contributed by atoms with Crippen molar-refractivity contribution in [2.24, 2.45) is 0 Å². The summed E-state index contributed by atoms with van der Waals surface area (Å²) >= 11 is 5.86. The number of urea groups is 1. The van der Waals surface area contributed by atoms with Crippen molar-refractivity contribution in [3.05, 3.63) is 59.1 Å². The second-order valence-corrected chi connectivity index (χ2v) is 6.48. The van der Waals surface area contributed by atoms with Gasteiger partial charge < -0.3 is 15.0 Å². The first kappa shape index (κ1) is 17.6. The van der Waals surface area contributed by atoms with Gasteiger partial charge in [-0.1, -0.05) is 23.7 Å². The predicted octanol–water partition coefficient (Wildman–Crippen LogP) is 3.70. The summed E-state index contributed by atoms with van der Waals surface area (Å²) in [6.07, 6.45) is 0. The zero-order valence-corrected chi connectivity index (χ0v) is 15.0. The number of hydrogen-bond donors (Lipinski definition) is 1. The Balaban J connectivity index is 1.47. The normalized spacial score (nSPS) is 15.0. The summed E-state index contributed by atoms with van der Waals surface area (Å²) in [7, 11) is 1.67. The van der Waals surface area contributed by atoms with Gasteiger partial charge in [0.2, 0.25) is 0 Å². The number of anilines is 1. The zero-order chi connectivity index (χ0) is 17.6. The first-order chi connectivity index (χ1) is 12.1. The van der Waals surface area contributed by atoms with Crippen LogP contribution in [0, 0.1) is 0 Å². The maximum absolute atomic E-state index is 12.3. The minimum Gasteiger partial charge on any atom is -0.497 e. The second kappa shape index (κ2) is 8.23. The molecule has 1 aliphatic heterocycles. The first-order valence-electron chi connectivity index (χ1n) is 8.31. The van der Waals surface area contributed by atoms with Crippen LogP contribution in [0.4, 0.5) is 10.5 Å². The van der Waals surface area contributed by atoms with Gasteiger partial charge in [0.05, 0.1) is 7.11 Å². The standard InChI is InChI=1S/C19H22ClN3O2/c1-25-18-8-2-15(3-9-18)14-22-10-12-23(13-11-22)19(24)21-17-6-4-16(20)5-7-17/h2-9H,10-14H2,1H3,(H,21,24). The molecule has 1 fully saturated rings. The van der Waals surface area contributed by atoms with Crippen LogP contribution < -0.4 is 10.1 Å². The molecule has 3 rings (SSSR count). The quantitative estimate of drug-likeness (QED) is 0.905. The summed E-state index contributed by atoms with van der Waals surface area (Å²) in [6.45, 7) is 4.04. The molecule has 0 aromatic heterocycles. The van der Waals surface area contributed by atoms with Crippen LogP contribution in [-0.4, -0.2) is 49.1 Å². The fourth-order valence-electron chi connectivity index (χ4n) is 2.83. The van der Waals surface area contributed by atoms with Gasteiger partial charge in [-0.15, -0.1) is 0 Å². The summed E-state index contributed by atoms with van der Waals surface area (Å²) in [4.78, 5) is 16.5. The largest absolute Gasteiger partial charge is 0.497 e. The molecule has 0 radical (unpaired) electrons. The third-order valence-corrected chi connectivity index (χ3v) is 4.57. The van der Waals surface area contributed by atoms with Gasteiger partial charge >= 0.3 is 6.03 Å². The summed E-state index contributed by atoms with van der Waals surface area (Å²) in [5, 5.41) is 3.57. The molecular formula is C19H22ClN3O2. The highest BCUT2D eigenvalue weighted by Gasteiger charge is 2.21. The third-order valence-electron chi connectivity index (χ3n) is 4.32. The van der Waals surface area contributed by atoms with E-state index in [9.17, 15) is 4.79 Å². The van der Waals surface area contributed by atoms with E-state index in [0.29, 0.717) is 5.02 Å². The fourth-order valence-corrected chi connectivity index (χ4v) is 2.96. The van der Waals surface area contributed by atoms with Crippen molar-refractivity contribution < 1.29 is 9.53 Å². The van der Waals surface area contributed by atoms with E-state index < -0.39 is 0 Å². The molecule has 25 heavy (non-hydrogen) atoms. The number of piperazine rings is 1. The summed E-state index contributed by atoms with van der Waals surface area (Å²) in [5.41, 5.74) is 2.01. The molecule has 0 bridgehead atoms. The smallest absolute Gasteiger partial charge is 0.321 e. The van der Waals surface area contributed by atoms with Crippen LogP contribution in [0.15, 0.2) is 48.5 Å². The van der Waals surface area contributed by atoms with E-state index in [1.807, 2.05) is 17.0 Å². The molecule has 132 valence electrons. The zero-order valence-electron chi connectivity index (χ0n) is 14.2. The fraction of sp³-hybridized carbons (Fsp3) is 0.316. The number of methoxy groups -OCH3 is 1. The maximum atomic E-state index is 12.3. The lowest BCUT2D eigenvalue weighted by Crippen LogP contribution is -2.49. The number of hydrogen-bond acceptors (Lipinski definition) is 3. The van der Waals surface area contributed by atoms with Crippen LogP contribution in [0.5, 0.6) is 5.75 Å². The van der Waals surface area contributed by atoms with E-state index in [1.165, 1.54) is 5.56 Å². The van der Waals surface area contributed by atoms with Gasteiger partial charge in [0.25, 0.3) is 0 Å². The number of nitrogens with zero attached hydrogens (tertiary/aromatic N) is 2. The van der Waals surface area contributed by atoms with Crippen molar-refractivity contribution in [2.45, 2.75) is 6.54 Å². The molecule has 0 aliphatic carbocycles. The van der Waals surface area contributed by atoms with Gasteiger partial charge in [-0.3, -0.25) is 4.90 Å². The van der Waals surface area contributed by atoms with Crippen LogP contribution in [0.25, 0.3) is 0 Å². The van der Waals surface area contributed by atoms with Crippen LogP contribution >= 0.6 is 11.6 Å². The Labute approximate surface area is 153 Å². The number of carbonyl (C=O) groups is 1. The molecule has 1 aliphatic rings. The molecule has 1 heterocycles. The molecule has 5 nitrogen and oxygen atoms in total. The van der Waals surface area contributed by atoms with Gasteiger partial charge in [0.15, 0.2) is 0 Å². The van der Waals surface area contributed by atoms with Gasteiger partial charge in [-0.2, -0.15) is 0 Å². The topological polar surface area (TPSA) is 44.8 Å². The Morgan fingerprint density at radius 1 is 1.04 bits per heavy atom. The van der Waals surface area contributed by atoms with Gasteiger partial charge in [0.1, 0.15) is 5.75 Å². The Hall–Kier alpha value is -2.24. The summed E-state index contributed by atoms with van der Waals surface area (Å²) in [6, 6.07) is 15.2. The monoisotopic (exact) mass is 359 g/mol. The van der Waals surface area contributed by atoms with E-state index >= 15 is 0 Å². The predicted molar refractivity (Wildman–Crippen MR) is 100 cm³/mol. The molecule has 1 saturated heterocycles. The number of rotatable bonds is 4. The molecule has 2 aromatic rings. The average molecular weight is 360 g/mol. The van der Waals surface area contributed by atoms with Crippen molar-refractivity contribution in [3.63, 3.8) is 0 Å². The van der Waals surface area contributed by atoms with Crippen molar-refractivity contribution in [1.29, 1.82) is 0 Å². The molecule has 0 saturated carbocycles. The lowest BCUT2D eigenvalue weighted by molar-refractivity contribution is 0.143. The van der Waals surface area contributed by atoms with Gasteiger partial charge in [-0.05, 0) is 42.0 Å². The Morgan fingerprint density at radius 3 is 2.28 bits per heavy atom. The van der Waals surface area contributed by atoms with Crippen molar-refractivity contribution in [2.75, 3.05) is 38.6 Å². The lowest BCUT2D eigenvalue weighted by atomic mass is 10.2. The highest BCUT2D eigenvalue weighted by Crippen LogP contribution is 2.16. The summed E-state index contributed by atoms with van der Waals surface area (Å²) in [5.74, 6) is 0.868. The number of amides is 2. The van der Waals surface area contributed by atoms with Crippen molar-refractivity contribution in [3.8, 4) is 5.75 Å². The van der Waals surface area contributed by atoms with Crippen LogP contribution in [0.3, 0.4) is 0 Å². The minimum atomic E-state index is -0.0635. The van der Waals surface area contributed by atoms with Gasteiger partial charge in [-0.25, -0.2) is 4.79 Å².